The van der Waals surface area contributed by atoms with Crippen LogP contribution in [0.5, 0.6) is 0 Å². The van der Waals surface area contributed by atoms with E-state index in [9.17, 15) is 4.79 Å². The van der Waals surface area contributed by atoms with Gasteiger partial charge in [0.1, 0.15) is 0 Å². The number of halogens is 1. The van der Waals surface area contributed by atoms with E-state index < -0.39 is 4.32 Å². The number of rotatable bonds is 5. The maximum atomic E-state index is 12.1. The molecule has 0 aliphatic carbocycles. The highest BCUT2D eigenvalue weighted by Gasteiger charge is 2.28. The van der Waals surface area contributed by atoms with Crippen LogP contribution in [0.15, 0.2) is 30.3 Å². The second kappa shape index (κ2) is 6.17. The average molecular weight is 300 g/mol. The summed E-state index contributed by atoms with van der Waals surface area (Å²) in [5, 5.41) is 9.02. The minimum atomic E-state index is -0.600. The molecule has 1 aromatic carbocycles. The van der Waals surface area contributed by atoms with Crippen LogP contribution in [0.25, 0.3) is 0 Å². The molecule has 0 aliphatic heterocycles. The van der Waals surface area contributed by atoms with E-state index in [1.54, 1.807) is 4.90 Å². The van der Waals surface area contributed by atoms with E-state index in [1.165, 1.54) is 0 Å². The van der Waals surface area contributed by atoms with E-state index >= 15 is 0 Å². The van der Waals surface area contributed by atoms with Crippen LogP contribution in [-0.4, -0.2) is 33.4 Å². The maximum Gasteiger partial charge on any atom is 0.239 e. The van der Waals surface area contributed by atoms with Crippen LogP contribution in [0.3, 0.4) is 0 Å². The molecule has 0 heterocycles. The van der Waals surface area contributed by atoms with E-state index in [0.717, 1.165) is 5.56 Å². The molecule has 0 radical (unpaired) electrons. The highest BCUT2D eigenvalue weighted by Crippen LogP contribution is 2.20. The predicted molar refractivity (Wildman–Crippen MR) is 72.0 cm³/mol. The second-order valence-electron chi connectivity index (χ2n) is 4.41. The molecule has 0 saturated carbocycles. The van der Waals surface area contributed by atoms with Gasteiger partial charge in [-0.25, -0.2) is 0 Å². The molecule has 1 aromatic rings. The third kappa shape index (κ3) is 4.48. The minimum Gasteiger partial charge on any atom is -0.395 e. The molecule has 1 rings (SSSR count). The van der Waals surface area contributed by atoms with Gasteiger partial charge in [0.15, 0.2) is 0 Å². The van der Waals surface area contributed by atoms with Gasteiger partial charge >= 0.3 is 0 Å². The number of carbonyl (C=O) groups is 1. The van der Waals surface area contributed by atoms with Crippen molar-refractivity contribution in [3.05, 3.63) is 35.9 Å². The Kier molecular flexibility index (Phi) is 5.15. The van der Waals surface area contributed by atoms with E-state index in [1.807, 2.05) is 44.2 Å². The zero-order valence-corrected chi connectivity index (χ0v) is 11.8. The van der Waals surface area contributed by atoms with E-state index in [2.05, 4.69) is 15.9 Å². The van der Waals surface area contributed by atoms with Gasteiger partial charge in [-0.05, 0) is 19.4 Å². The molecular weight excluding hydrogens is 282 g/mol. The van der Waals surface area contributed by atoms with Gasteiger partial charge in [0, 0.05) is 13.1 Å². The van der Waals surface area contributed by atoms with Gasteiger partial charge in [0.2, 0.25) is 5.91 Å². The van der Waals surface area contributed by atoms with Crippen LogP contribution in [0.4, 0.5) is 0 Å². The summed E-state index contributed by atoms with van der Waals surface area (Å²) in [6.07, 6.45) is 0. The molecule has 0 aliphatic rings. The summed E-state index contributed by atoms with van der Waals surface area (Å²) < 4.78 is -0.600. The van der Waals surface area contributed by atoms with Crippen molar-refractivity contribution in [1.82, 2.24) is 4.90 Å². The van der Waals surface area contributed by atoms with Crippen molar-refractivity contribution in [2.45, 2.75) is 24.7 Å². The first kappa shape index (κ1) is 14.2. The van der Waals surface area contributed by atoms with Crippen LogP contribution >= 0.6 is 15.9 Å². The smallest absolute Gasteiger partial charge is 0.239 e. The number of aliphatic hydroxyl groups excluding tert-OH is 1. The molecule has 0 aromatic heterocycles. The first-order valence-electron chi connectivity index (χ1n) is 5.58. The molecule has 0 unspecified atom stereocenters. The molecule has 0 bridgehead atoms. The monoisotopic (exact) mass is 299 g/mol. The largest absolute Gasteiger partial charge is 0.395 e. The predicted octanol–water partition coefficient (Wildman–Crippen LogP) is 2.18. The molecule has 1 amide bonds. The highest BCUT2D eigenvalue weighted by atomic mass is 79.9. The maximum absolute atomic E-state index is 12.1. The summed E-state index contributed by atoms with van der Waals surface area (Å²) in [5.74, 6) is -0.0181. The van der Waals surface area contributed by atoms with Crippen molar-refractivity contribution < 1.29 is 9.90 Å². The number of aliphatic hydroxyl groups is 1. The zero-order chi connectivity index (χ0) is 12.9. The topological polar surface area (TPSA) is 40.5 Å². The van der Waals surface area contributed by atoms with Crippen molar-refractivity contribution in [3.63, 3.8) is 0 Å². The molecule has 94 valence electrons. The first-order valence-corrected chi connectivity index (χ1v) is 6.37. The number of nitrogens with zero attached hydrogens (tertiary/aromatic N) is 1. The van der Waals surface area contributed by atoms with Gasteiger partial charge in [-0.1, -0.05) is 46.3 Å². The van der Waals surface area contributed by atoms with Gasteiger partial charge in [-0.2, -0.15) is 0 Å². The minimum absolute atomic E-state index is 0.0181. The molecular formula is C13H18BrNO2. The molecule has 0 atom stereocenters. The molecule has 0 fully saturated rings. The Labute approximate surface area is 111 Å². The Hall–Kier alpha value is -0.870. The van der Waals surface area contributed by atoms with Crippen LogP contribution in [-0.2, 0) is 11.3 Å². The lowest BCUT2D eigenvalue weighted by molar-refractivity contribution is -0.133. The van der Waals surface area contributed by atoms with E-state index in [4.69, 9.17) is 5.11 Å². The number of carbonyl (C=O) groups excluding carboxylic acids is 1. The Morgan fingerprint density at radius 3 is 2.41 bits per heavy atom. The third-order valence-electron chi connectivity index (χ3n) is 2.38. The summed E-state index contributed by atoms with van der Waals surface area (Å²) >= 11 is 3.36. The first-order chi connectivity index (χ1) is 7.95. The Bertz CT molecular complexity index is 359. The quantitative estimate of drug-likeness (QED) is 0.847. The van der Waals surface area contributed by atoms with Crippen LogP contribution in [0.2, 0.25) is 0 Å². The number of hydrogen-bond acceptors (Lipinski definition) is 2. The summed E-state index contributed by atoms with van der Waals surface area (Å²) in [4.78, 5) is 13.8. The number of hydrogen-bond donors (Lipinski definition) is 1. The lowest BCUT2D eigenvalue weighted by Gasteiger charge is -2.28. The molecule has 3 nitrogen and oxygen atoms in total. The summed E-state index contributed by atoms with van der Waals surface area (Å²) in [5.41, 5.74) is 1.06. The lowest BCUT2D eigenvalue weighted by atomic mass is 10.1. The van der Waals surface area contributed by atoms with Crippen LogP contribution in [0, 0.1) is 0 Å². The lowest BCUT2D eigenvalue weighted by Crippen LogP contribution is -2.42. The van der Waals surface area contributed by atoms with Crippen LogP contribution < -0.4 is 0 Å². The normalized spacial score (nSPS) is 11.3. The number of benzene rings is 1. The van der Waals surface area contributed by atoms with Gasteiger partial charge in [0.05, 0.1) is 10.9 Å². The molecule has 0 saturated heterocycles. The Balaban J connectivity index is 2.77. The fraction of sp³-hybridized carbons (Fsp3) is 0.462. The summed E-state index contributed by atoms with van der Waals surface area (Å²) in [6, 6.07) is 9.76. The van der Waals surface area contributed by atoms with E-state index in [0.29, 0.717) is 13.1 Å². The Morgan fingerprint density at radius 2 is 1.94 bits per heavy atom. The van der Waals surface area contributed by atoms with Crippen molar-refractivity contribution in [3.8, 4) is 0 Å². The average Bonchev–Trinajstić information content (AvgIpc) is 2.28. The molecule has 0 spiro atoms. The molecule has 1 N–H and O–H groups in total. The number of alkyl halides is 1. The van der Waals surface area contributed by atoms with Crippen LogP contribution in [0.1, 0.15) is 19.4 Å². The summed E-state index contributed by atoms with van der Waals surface area (Å²) in [7, 11) is 0. The SMILES string of the molecule is CC(C)(Br)C(=O)N(CCO)Cc1ccccc1. The van der Waals surface area contributed by atoms with Gasteiger partial charge < -0.3 is 10.0 Å². The van der Waals surface area contributed by atoms with Gasteiger partial charge in [0.25, 0.3) is 0 Å². The van der Waals surface area contributed by atoms with E-state index in [-0.39, 0.29) is 12.5 Å². The van der Waals surface area contributed by atoms with Crippen molar-refractivity contribution >= 4 is 21.8 Å². The fourth-order valence-electron chi connectivity index (χ4n) is 1.55. The van der Waals surface area contributed by atoms with Crippen molar-refractivity contribution in [2.24, 2.45) is 0 Å². The zero-order valence-electron chi connectivity index (χ0n) is 10.2. The number of amides is 1. The molecule has 17 heavy (non-hydrogen) atoms. The third-order valence-corrected chi connectivity index (χ3v) is 2.72. The summed E-state index contributed by atoms with van der Waals surface area (Å²) in [6.45, 7) is 4.47. The van der Waals surface area contributed by atoms with Crippen molar-refractivity contribution in [2.75, 3.05) is 13.2 Å². The second-order valence-corrected chi connectivity index (χ2v) is 6.39. The molecule has 4 heteroatoms. The van der Waals surface area contributed by atoms with Crippen molar-refractivity contribution in [1.29, 1.82) is 0 Å². The fourth-order valence-corrected chi connectivity index (χ4v) is 1.80. The van der Waals surface area contributed by atoms with Gasteiger partial charge in [-0.15, -0.1) is 0 Å². The standard InChI is InChI=1S/C13H18BrNO2/c1-13(2,14)12(17)15(8-9-16)10-11-6-4-3-5-7-11/h3-7,16H,8-10H2,1-2H3. The highest BCUT2D eigenvalue weighted by molar-refractivity contribution is 9.10. The van der Waals surface area contributed by atoms with Gasteiger partial charge in [-0.3, -0.25) is 4.79 Å². The Morgan fingerprint density at radius 1 is 1.35 bits per heavy atom.